The van der Waals surface area contributed by atoms with Crippen molar-refractivity contribution >= 4 is 5.97 Å². The quantitative estimate of drug-likeness (QED) is 0.0630. The number of ether oxygens (including phenoxy) is 3. The van der Waals surface area contributed by atoms with Crippen molar-refractivity contribution in [3.63, 3.8) is 0 Å². The van der Waals surface area contributed by atoms with Crippen molar-refractivity contribution in [3.05, 3.63) is 59.7 Å². The standard InChI is InChI=1S/C38H60O4/c1-4-6-8-10-12-13-14-15-16-17-18-20-24-32-41-36-25-21-22-26-37(36)42-38(39)35-29-27-34(28-30-35)33(3)40-31-23-19-11-9-7-5-2/h21-22,25-30,33H,4-20,23-24,31-32H2,1-3H3. The Bertz CT molecular complexity index is 923. The van der Waals surface area contributed by atoms with Crippen LogP contribution in [0.15, 0.2) is 48.5 Å². The molecule has 0 fully saturated rings. The monoisotopic (exact) mass is 580 g/mol. The Hall–Kier alpha value is -2.33. The average molecular weight is 581 g/mol. The molecular weight excluding hydrogens is 520 g/mol. The summed E-state index contributed by atoms with van der Waals surface area (Å²) in [7, 11) is 0. The van der Waals surface area contributed by atoms with Crippen molar-refractivity contribution in [1.82, 2.24) is 0 Å². The molecule has 4 heteroatoms. The van der Waals surface area contributed by atoms with Crippen LogP contribution >= 0.6 is 0 Å². The Morgan fingerprint density at radius 3 is 1.55 bits per heavy atom. The van der Waals surface area contributed by atoms with Gasteiger partial charge in [-0.3, -0.25) is 0 Å². The Balaban J connectivity index is 1.62. The highest BCUT2D eigenvalue weighted by atomic mass is 16.6. The van der Waals surface area contributed by atoms with Gasteiger partial charge in [0.2, 0.25) is 0 Å². The maximum atomic E-state index is 12.9. The molecule has 0 aliphatic rings. The van der Waals surface area contributed by atoms with Gasteiger partial charge in [0.05, 0.1) is 18.3 Å². The third kappa shape index (κ3) is 16.3. The fraction of sp³-hybridized carbons (Fsp3) is 0.658. The molecule has 0 saturated heterocycles. The summed E-state index contributed by atoms with van der Waals surface area (Å²) in [6, 6.07) is 15.0. The molecular formula is C38H60O4. The molecule has 1 atom stereocenters. The van der Waals surface area contributed by atoms with Crippen LogP contribution in [-0.2, 0) is 4.74 Å². The van der Waals surface area contributed by atoms with Crippen molar-refractivity contribution in [3.8, 4) is 11.5 Å². The van der Waals surface area contributed by atoms with Gasteiger partial charge in [0.1, 0.15) is 0 Å². The summed E-state index contributed by atoms with van der Waals surface area (Å²) in [5.74, 6) is 0.717. The van der Waals surface area contributed by atoms with Gasteiger partial charge in [-0.2, -0.15) is 0 Å². The molecule has 1 unspecified atom stereocenters. The second kappa shape index (κ2) is 24.1. The van der Waals surface area contributed by atoms with E-state index in [2.05, 4.69) is 20.8 Å². The van der Waals surface area contributed by atoms with E-state index in [4.69, 9.17) is 14.2 Å². The van der Waals surface area contributed by atoms with Crippen LogP contribution in [0, 0.1) is 0 Å². The Labute approximate surface area is 257 Å². The highest BCUT2D eigenvalue weighted by Gasteiger charge is 2.14. The van der Waals surface area contributed by atoms with Crippen molar-refractivity contribution < 1.29 is 19.0 Å². The minimum Gasteiger partial charge on any atom is -0.490 e. The van der Waals surface area contributed by atoms with Crippen LogP contribution in [0.5, 0.6) is 11.5 Å². The number of para-hydroxylation sites is 2. The molecule has 0 aromatic heterocycles. The van der Waals surface area contributed by atoms with E-state index in [0.29, 0.717) is 23.7 Å². The largest absolute Gasteiger partial charge is 0.490 e. The van der Waals surface area contributed by atoms with Crippen molar-refractivity contribution in [1.29, 1.82) is 0 Å². The molecule has 42 heavy (non-hydrogen) atoms. The normalized spacial score (nSPS) is 11.9. The second-order valence-electron chi connectivity index (χ2n) is 11.8. The van der Waals surface area contributed by atoms with Gasteiger partial charge >= 0.3 is 5.97 Å². The maximum absolute atomic E-state index is 12.9. The molecule has 0 aliphatic carbocycles. The maximum Gasteiger partial charge on any atom is 0.343 e. The summed E-state index contributed by atoms with van der Waals surface area (Å²) in [5, 5.41) is 0. The summed E-state index contributed by atoms with van der Waals surface area (Å²) < 4.78 is 17.7. The number of esters is 1. The summed E-state index contributed by atoms with van der Waals surface area (Å²) >= 11 is 0. The van der Waals surface area contributed by atoms with E-state index >= 15 is 0 Å². The summed E-state index contributed by atoms with van der Waals surface area (Å²) in [6.07, 6.45) is 24.8. The smallest absolute Gasteiger partial charge is 0.343 e. The lowest BCUT2D eigenvalue weighted by Crippen LogP contribution is -2.10. The van der Waals surface area contributed by atoms with Crippen molar-refractivity contribution in [2.24, 2.45) is 0 Å². The Morgan fingerprint density at radius 2 is 1.02 bits per heavy atom. The zero-order valence-electron chi connectivity index (χ0n) is 27.2. The summed E-state index contributed by atoms with van der Waals surface area (Å²) in [4.78, 5) is 12.9. The van der Waals surface area contributed by atoms with E-state index in [-0.39, 0.29) is 12.1 Å². The van der Waals surface area contributed by atoms with Gasteiger partial charge in [0.25, 0.3) is 0 Å². The number of benzene rings is 2. The SMILES string of the molecule is CCCCCCCCCCCCCCCOc1ccccc1OC(=O)c1ccc(C(C)OCCCCCCCC)cc1. The van der Waals surface area contributed by atoms with E-state index in [0.717, 1.165) is 25.0 Å². The van der Waals surface area contributed by atoms with Gasteiger partial charge < -0.3 is 14.2 Å². The highest BCUT2D eigenvalue weighted by Crippen LogP contribution is 2.28. The number of carbonyl (C=O) groups is 1. The van der Waals surface area contributed by atoms with Crippen LogP contribution in [-0.4, -0.2) is 19.2 Å². The minimum absolute atomic E-state index is 0.00458. The number of rotatable bonds is 26. The van der Waals surface area contributed by atoms with Crippen LogP contribution in [0.3, 0.4) is 0 Å². The lowest BCUT2D eigenvalue weighted by Gasteiger charge is -2.14. The first kappa shape index (κ1) is 35.9. The molecule has 0 radical (unpaired) electrons. The number of carbonyl (C=O) groups excluding carboxylic acids is 1. The third-order valence-corrected chi connectivity index (χ3v) is 8.04. The Kier molecular flexibility index (Phi) is 20.6. The van der Waals surface area contributed by atoms with Gasteiger partial charge in [-0.25, -0.2) is 4.79 Å². The van der Waals surface area contributed by atoms with Gasteiger partial charge in [-0.05, 0) is 49.6 Å². The van der Waals surface area contributed by atoms with Gasteiger partial charge in [-0.15, -0.1) is 0 Å². The minimum atomic E-state index is -0.376. The van der Waals surface area contributed by atoms with Gasteiger partial charge in [0.15, 0.2) is 11.5 Å². The molecule has 2 rings (SSSR count). The molecule has 0 spiro atoms. The molecule has 2 aromatic rings. The molecule has 0 saturated carbocycles. The first-order valence-corrected chi connectivity index (χ1v) is 17.3. The summed E-state index contributed by atoms with van der Waals surface area (Å²) in [5.41, 5.74) is 1.59. The van der Waals surface area contributed by atoms with Gasteiger partial charge in [-0.1, -0.05) is 147 Å². The van der Waals surface area contributed by atoms with Crippen LogP contribution in [0.2, 0.25) is 0 Å². The highest BCUT2D eigenvalue weighted by molar-refractivity contribution is 5.91. The van der Waals surface area contributed by atoms with Crippen LogP contribution < -0.4 is 9.47 Å². The third-order valence-electron chi connectivity index (χ3n) is 8.04. The number of hydrogen-bond donors (Lipinski definition) is 0. The van der Waals surface area contributed by atoms with E-state index in [9.17, 15) is 4.79 Å². The zero-order valence-corrected chi connectivity index (χ0v) is 27.2. The molecule has 0 aliphatic heterocycles. The van der Waals surface area contributed by atoms with E-state index in [1.54, 1.807) is 6.07 Å². The first-order valence-electron chi connectivity index (χ1n) is 17.3. The zero-order chi connectivity index (χ0) is 30.1. The number of unbranched alkanes of at least 4 members (excludes halogenated alkanes) is 17. The van der Waals surface area contributed by atoms with Crippen LogP contribution in [0.1, 0.15) is 165 Å². The molecule has 2 aromatic carbocycles. The van der Waals surface area contributed by atoms with E-state index in [1.165, 1.54) is 109 Å². The fourth-order valence-corrected chi connectivity index (χ4v) is 5.24. The first-order chi connectivity index (χ1) is 20.7. The van der Waals surface area contributed by atoms with Crippen molar-refractivity contribution in [2.75, 3.05) is 13.2 Å². The topological polar surface area (TPSA) is 44.8 Å². The molecule has 0 N–H and O–H groups in total. The lowest BCUT2D eigenvalue weighted by molar-refractivity contribution is 0.0625. The summed E-state index contributed by atoms with van der Waals surface area (Å²) in [6.45, 7) is 7.99. The van der Waals surface area contributed by atoms with Gasteiger partial charge in [0, 0.05) is 6.61 Å². The fourth-order valence-electron chi connectivity index (χ4n) is 5.24. The molecule has 236 valence electrons. The van der Waals surface area contributed by atoms with E-state index < -0.39 is 0 Å². The Morgan fingerprint density at radius 1 is 0.571 bits per heavy atom. The predicted octanol–water partition coefficient (Wildman–Crippen LogP) is 11.8. The van der Waals surface area contributed by atoms with E-state index in [1.807, 2.05) is 42.5 Å². The number of hydrogen-bond acceptors (Lipinski definition) is 4. The van der Waals surface area contributed by atoms with Crippen molar-refractivity contribution in [2.45, 2.75) is 149 Å². The lowest BCUT2D eigenvalue weighted by atomic mass is 10.0. The molecule has 0 amide bonds. The molecule has 0 heterocycles. The molecule has 0 bridgehead atoms. The molecule has 4 nitrogen and oxygen atoms in total. The predicted molar refractivity (Wildman–Crippen MR) is 177 cm³/mol. The average Bonchev–Trinajstić information content (AvgIpc) is 3.01. The van der Waals surface area contributed by atoms with Crippen LogP contribution in [0.4, 0.5) is 0 Å². The van der Waals surface area contributed by atoms with Crippen LogP contribution in [0.25, 0.3) is 0 Å². The second-order valence-corrected chi connectivity index (χ2v) is 11.8.